The standard InChI is InChI=1S/C24H33N5O2/c25-14-6-4-12-20(26)24(31)29-16-8-13-22(29)23(30)28-21(18-9-2-1-3-10-18)17-19-11-5-7-15-27-19/h1-3,5,7,9-11,15,20-22H,4,6,8,12-14,16-17,25-26H2,(H,28,30)/t20-,21-,22-/m0/s1. The highest BCUT2D eigenvalue weighted by atomic mass is 16.2. The van der Waals surface area contributed by atoms with Gasteiger partial charge < -0.3 is 21.7 Å². The number of pyridine rings is 1. The molecule has 2 aromatic rings. The number of nitrogens with one attached hydrogen (secondary N) is 1. The molecule has 0 saturated carbocycles. The van der Waals surface area contributed by atoms with Gasteiger partial charge in [0.05, 0.1) is 12.1 Å². The van der Waals surface area contributed by atoms with Crippen LogP contribution < -0.4 is 16.8 Å². The van der Waals surface area contributed by atoms with Gasteiger partial charge in [-0.3, -0.25) is 14.6 Å². The molecule has 7 nitrogen and oxygen atoms in total. The van der Waals surface area contributed by atoms with Gasteiger partial charge in [-0.15, -0.1) is 0 Å². The highest BCUT2D eigenvalue weighted by Crippen LogP contribution is 2.22. The Morgan fingerprint density at radius 3 is 2.61 bits per heavy atom. The second-order valence-electron chi connectivity index (χ2n) is 8.08. The average Bonchev–Trinajstić information content (AvgIpc) is 3.29. The van der Waals surface area contributed by atoms with Crippen molar-refractivity contribution in [3.05, 3.63) is 66.0 Å². The number of unbranched alkanes of at least 4 members (excludes halogenated alkanes) is 1. The molecular formula is C24H33N5O2. The van der Waals surface area contributed by atoms with E-state index in [2.05, 4.69) is 10.3 Å². The number of likely N-dealkylation sites (tertiary alicyclic amines) is 1. The number of benzene rings is 1. The second-order valence-corrected chi connectivity index (χ2v) is 8.08. The van der Waals surface area contributed by atoms with E-state index in [4.69, 9.17) is 11.5 Å². The summed E-state index contributed by atoms with van der Waals surface area (Å²) < 4.78 is 0. The number of carbonyl (C=O) groups is 2. The quantitative estimate of drug-likeness (QED) is 0.505. The van der Waals surface area contributed by atoms with Crippen molar-refractivity contribution in [2.24, 2.45) is 11.5 Å². The van der Waals surface area contributed by atoms with Crippen molar-refractivity contribution in [3.63, 3.8) is 0 Å². The first-order valence-electron chi connectivity index (χ1n) is 11.1. The third-order valence-corrected chi connectivity index (χ3v) is 5.78. The van der Waals surface area contributed by atoms with Crippen molar-refractivity contribution in [3.8, 4) is 0 Å². The summed E-state index contributed by atoms with van der Waals surface area (Å²) in [6, 6.07) is 14.3. The molecule has 1 aliphatic heterocycles. The fraction of sp³-hybridized carbons (Fsp3) is 0.458. The molecule has 0 spiro atoms. The van der Waals surface area contributed by atoms with Crippen LogP contribution in [0.1, 0.15) is 49.4 Å². The molecule has 1 fully saturated rings. The fourth-order valence-electron chi connectivity index (χ4n) is 4.08. The summed E-state index contributed by atoms with van der Waals surface area (Å²) in [6.45, 7) is 1.16. The molecule has 7 heteroatoms. The molecule has 1 aliphatic rings. The molecule has 3 atom stereocenters. The van der Waals surface area contributed by atoms with Gasteiger partial charge >= 0.3 is 0 Å². The summed E-state index contributed by atoms with van der Waals surface area (Å²) in [5.41, 5.74) is 13.6. The lowest BCUT2D eigenvalue weighted by Crippen LogP contribution is -2.51. The van der Waals surface area contributed by atoms with Gasteiger partial charge in [-0.05, 0) is 49.9 Å². The van der Waals surface area contributed by atoms with Crippen molar-refractivity contribution in [1.29, 1.82) is 0 Å². The van der Waals surface area contributed by atoms with Crippen LogP contribution in [0.25, 0.3) is 0 Å². The molecule has 5 N–H and O–H groups in total. The number of nitrogens with zero attached hydrogens (tertiary/aromatic N) is 2. The van der Waals surface area contributed by atoms with Crippen LogP contribution in [0.4, 0.5) is 0 Å². The minimum atomic E-state index is -0.585. The van der Waals surface area contributed by atoms with Crippen LogP contribution in [-0.2, 0) is 16.0 Å². The van der Waals surface area contributed by atoms with Crippen LogP contribution in [0.5, 0.6) is 0 Å². The van der Waals surface area contributed by atoms with E-state index < -0.39 is 12.1 Å². The van der Waals surface area contributed by atoms with Crippen LogP contribution in [-0.4, -0.2) is 46.9 Å². The highest BCUT2D eigenvalue weighted by Gasteiger charge is 2.36. The lowest BCUT2D eigenvalue weighted by Gasteiger charge is -2.28. The van der Waals surface area contributed by atoms with E-state index in [1.165, 1.54) is 0 Å². The maximum atomic E-state index is 13.2. The molecule has 0 bridgehead atoms. The number of aromatic nitrogens is 1. The molecule has 0 radical (unpaired) electrons. The van der Waals surface area contributed by atoms with Crippen molar-refractivity contribution >= 4 is 11.8 Å². The molecule has 2 heterocycles. The summed E-state index contributed by atoms with van der Waals surface area (Å²) in [7, 11) is 0. The Morgan fingerprint density at radius 2 is 1.90 bits per heavy atom. The van der Waals surface area contributed by atoms with Gasteiger partial charge in [-0.2, -0.15) is 0 Å². The van der Waals surface area contributed by atoms with Crippen LogP contribution in [0.3, 0.4) is 0 Å². The first-order chi connectivity index (χ1) is 15.1. The summed E-state index contributed by atoms with van der Waals surface area (Å²) in [6.07, 6.45) is 6.03. The number of hydrogen-bond acceptors (Lipinski definition) is 5. The topological polar surface area (TPSA) is 114 Å². The van der Waals surface area contributed by atoms with Crippen LogP contribution in [0, 0.1) is 0 Å². The maximum Gasteiger partial charge on any atom is 0.243 e. The van der Waals surface area contributed by atoms with Crippen LogP contribution in [0.15, 0.2) is 54.7 Å². The number of amides is 2. The van der Waals surface area contributed by atoms with Crippen LogP contribution in [0.2, 0.25) is 0 Å². The van der Waals surface area contributed by atoms with E-state index >= 15 is 0 Å². The SMILES string of the molecule is NCCCC[C@H](N)C(=O)N1CCC[C@H]1C(=O)N[C@@H](Cc1ccccn1)c1ccccc1. The molecule has 0 aliphatic carbocycles. The first kappa shape index (κ1) is 22.9. The summed E-state index contributed by atoms with van der Waals surface area (Å²) >= 11 is 0. The van der Waals surface area contributed by atoms with Crippen molar-refractivity contribution in [2.45, 2.75) is 56.7 Å². The molecule has 0 unspecified atom stereocenters. The molecule has 1 aromatic heterocycles. The molecular weight excluding hydrogens is 390 g/mol. The van der Waals surface area contributed by atoms with Crippen LogP contribution >= 0.6 is 0 Å². The van der Waals surface area contributed by atoms with Gasteiger partial charge in [-0.25, -0.2) is 0 Å². The molecule has 31 heavy (non-hydrogen) atoms. The number of carbonyl (C=O) groups excluding carboxylic acids is 2. The fourth-order valence-corrected chi connectivity index (χ4v) is 4.08. The van der Waals surface area contributed by atoms with Crippen molar-refractivity contribution in [1.82, 2.24) is 15.2 Å². The molecule has 1 saturated heterocycles. The Morgan fingerprint density at radius 1 is 1.13 bits per heavy atom. The molecule has 3 rings (SSSR count). The minimum Gasteiger partial charge on any atom is -0.347 e. The summed E-state index contributed by atoms with van der Waals surface area (Å²) in [4.78, 5) is 32.2. The first-order valence-corrected chi connectivity index (χ1v) is 11.1. The summed E-state index contributed by atoms with van der Waals surface area (Å²) in [5.74, 6) is -0.277. The highest BCUT2D eigenvalue weighted by molar-refractivity contribution is 5.90. The lowest BCUT2D eigenvalue weighted by atomic mass is 10.0. The Labute approximate surface area is 184 Å². The monoisotopic (exact) mass is 423 g/mol. The van der Waals surface area contributed by atoms with E-state index in [1.807, 2.05) is 48.5 Å². The Kier molecular flexibility index (Phi) is 8.55. The smallest absolute Gasteiger partial charge is 0.243 e. The van der Waals surface area contributed by atoms with Gasteiger partial charge in [0.1, 0.15) is 6.04 Å². The third kappa shape index (κ3) is 6.35. The Balaban J connectivity index is 1.69. The predicted molar refractivity (Wildman–Crippen MR) is 121 cm³/mol. The molecule has 166 valence electrons. The molecule has 2 amide bonds. The zero-order chi connectivity index (χ0) is 22.1. The zero-order valence-corrected chi connectivity index (χ0v) is 18.0. The van der Waals surface area contributed by atoms with Gasteiger partial charge in [0, 0.05) is 24.9 Å². The van der Waals surface area contributed by atoms with Gasteiger partial charge in [0.15, 0.2) is 0 Å². The van der Waals surface area contributed by atoms with Gasteiger partial charge in [0.25, 0.3) is 0 Å². The van der Waals surface area contributed by atoms with Crippen molar-refractivity contribution < 1.29 is 9.59 Å². The van der Waals surface area contributed by atoms with Gasteiger partial charge in [0.2, 0.25) is 11.8 Å². The van der Waals surface area contributed by atoms with Crippen molar-refractivity contribution in [2.75, 3.05) is 13.1 Å². The lowest BCUT2D eigenvalue weighted by molar-refractivity contribution is -0.139. The van der Waals surface area contributed by atoms with E-state index in [9.17, 15) is 9.59 Å². The van der Waals surface area contributed by atoms with E-state index in [0.29, 0.717) is 32.4 Å². The number of nitrogens with two attached hydrogens (primary N) is 2. The third-order valence-electron chi connectivity index (χ3n) is 5.78. The molecule has 1 aromatic carbocycles. The van der Waals surface area contributed by atoms with E-state index in [1.54, 1.807) is 11.1 Å². The summed E-state index contributed by atoms with van der Waals surface area (Å²) in [5, 5.41) is 3.17. The average molecular weight is 424 g/mol. The minimum absolute atomic E-state index is 0.134. The van der Waals surface area contributed by atoms with E-state index in [-0.39, 0.29) is 17.9 Å². The zero-order valence-electron chi connectivity index (χ0n) is 18.0. The van der Waals surface area contributed by atoms with Gasteiger partial charge in [-0.1, -0.05) is 42.8 Å². The normalized spacial score (nSPS) is 17.9. The second kappa shape index (κ2) is 11.6. The van der Waals surface area contributed by atoms with E-state index in [0.717, 1.165) is 30.5 Å². The maximum absolute atomic E-state index is 13.2. The number of hydrogen-bond donors (Lipinski definition) is 3. The predicted octanol–water partition coefficient (Wildman–Crippen LogP) is 1.93. The Hall–Kier alpha value is -2.77. The number of rotatable bonds is 10. The Bertz CT molecular complexity index is 830. The largest absolute Gasteiger partial charge is 0.347 e.